The Hall–Kier alpha value is -1.38. The van der Waals surface area contributed by atoms with Crippen LogP contribution in [0.15, 0.2) is 42.5 Å². The van der Waals surface area contributed by atoms with Crippen LogP contribution in [0, 0.1) is 0 Å². The summed E-state index contributed by atoms with van der Waals surface area (Å²) in [4.78, 5) is 0. The van der Waals surface area contributed by atoms with Crippen molar-refractivity contribution in [3.63, 3.8) is 0 Å². The maximum atomic E-state index is 5.65. The number of benzene rings is 2. The second kappa shape index (κ2) is 5.51. The quantitative estimate of drug-likeness (QED) is 0.872. The molecule has 1 aliphatic heterocycles. The van der Waals surface area contributed by atoms with Crippen molar-refractivity contribution in [2.75, 3.05) is 13.2 Å². The molecule has 0 unspecified atom stereocenters. The molecule has 0 saturated carbocycles. The van der Waals surface area contributed by atoms with Crippen LogP contribution in [0.5, 0.6) is 0 Å². The van der Waals surface area contributed by atoms with Crippen LogP contribution >= 0.6 is 0 Å². The molecule has 3 rings (SSSR count). The second-order valence-corrected chi connectivity index (χ2v) is 5.00. The first-order valence-electron chi connectivity index (χ1n) is 6.83. The first-order chi connectivity index (χ1) is 8.93. The summed E-state index contributed by atoms with van der Waals surface area (Å²) in [6, 6.07) is 15.2. The highest BCUT2D eigenvalue weighted by atomic mass is 16.5. The van der Waals surface area contributed by atoms with Gasteiger partial charge in [-0.3, -0.25) is 0 Å². The summed E-state index contributed by atoms with van der Waals surface area (Å²) in [7, 11) is 0. The van der Waals surface area contributed by atoms with Gasteiger partial charge in [-0.25, -0.2) is 0 Å². The van der Waals surface area contributed by atoms with E-state index < -0.39 is 0 Å². The lowest BCUT2D eigenvalue weighted by Gasteiger charge is -2.09. The summed E-state index contributed by atoms with van der Waals surface area (Å²) in [5.41, 5.74) is 1.42. The van der Waals surface area contributed by atoms with Crippen molar-refractivity contribution in [1.82, 2.24) is 0 Å². The van der Waals surface area contributed by atoms with Gasteiger partial charge in [0.1, 0.15) is 19.2 Å². The Labute approximate surface area is 108 Å². The van der Waals surface area contributed by atoms with E-state index in [4.69, 9.17) is 4.74 Å². The van der Waals surface area contributed by atoms with Crippen LogP contribution < -0.4 is 5.32 Å². The predicted molar refractivity (Wildman–Crippen MR) is 73.4 cm³/mol. The summed E-state index contributed by atoms with van der Waals surface area (Å²) in [6.07, 6.45) is 2.93. The van der Waals surface area contributed by atoms with Crippen LogP contribution in [-0.4, -0.2) is 19.3 Å². The highest BCUT2D eigenvalue weighted by Gasteiger charge is 2.16. The molecule has 1 aliphatic rings. The van der Waals surface area contributed by atoms with Crippen molar-refractivity contribution in [2.45, 2.75) is 25.5 Å². The smallest absolute Gasteiger partial charge is 0.106 e. The Kier molecular flexibility index (Phi) is 3.58. The van der Waals surface area contributed by atoms with Crippen molar-refractivity contribution in [3.05, 3.63) is 48.0 Å². The maximum Gasteiger partial charge on any atom is 0.106 e. The van der Waals surface area contributed by atoms with Gasteiger partial charge in [-0.1, -0.05) is 42.5 Å². The zero-order chi connectivity index (χ0) is 12.2. The summed E-state index contributed by atoms with van der Waals surface area (Å²) < 4.78 is 5.65. The summed E-state index contributed by atoms with van der Waals surface area (Å²) in [6.45, 7) is 3.08. The first-order valence-corrected chi connectivity index (χ1v) is 6.83. The largest absolute Gasteiger partial charge is 0.372 e. The van der Waals surface area contributed by atoms with Gasteiger partial charge in [-0.05, 0) is 23.6 Å². The standard InChI is InChI=1S/C16H19NO/c1-2-9-16-13(5-1)6-3-7-14(16)11-17-12-15-8-4-10-18-15/h1-3,5-7,9,15,17H,4,8,10-12H2/p+1/t15-/m1/s1. The zero-order valence-electron chi connectivity index (χ0n) is 10.6. The van der Waals surface area contributed by atoms with Crippen LogP contribution in [0.3, 0.4) is 0 Å². The van der Waals surface area contributed by atoms with Crippen molar-refractivity contribution >= 4 is 10.8 Å². The number of quaternary nitrogens is 1. The Morgan fingerprint density at radius 2 is 2.00 bits per heavy atom. The Morgan fingerprint density at radius 1 is 1.11 bits per heavy atom. The molecule has 1 atom stereocenters. The minimum Gasteiger partial charge on any atom is -0.372 e. The molecule has 0 amide bonds. The Balaban J connectivity index is 1.66. The minimum atomic E-state index is 0.472. The molecule has 0 aliphatic carbocycles. The van der Waals surface area contributed by atoms with Crippen LogP contribution in [0.4, 0.5) is 0 Å². The topological polar surface area (TPSA) is 25.8 Å². The fraction of sp³-hybridized carbons (Fsp3) is 0.375. The number of rotatable bonds is 4. The molecule has 0 aromatic heterocycles. The van der Waals surface area contributed by atoms with Crippen LogP contribution in [0.2, 0.25) is 0 Å². The molecule has 1 heterocycles. The Bertz CT molecular complexity index is 512. The molecule has 1 saturated heterocycles. The number of hydrogen-bond acceptors (Lipinski definition) is 1. The first kappa shape index (κ1) is 11.7. The van der Waals surface area contributed by atoms with Gasteiger partial charge < -0.3 is 10.1 Å². The molecule has 2 heteroatoms. The molecule has 18 heavy (non-hydrogen) atoms. The van der Waals surface area contributed by atoms with Crippen molar-refractivity contribution in [3.8, 4) is 0 Å². The number of hydrogen-bond donors (Lipinski definition) is 1. The number of nitrogens with two attached hydrogens (primary N) is 1. The van der Waals surface area contributed by atoms with E-state index in [0.717, 1.165) is 19.7 Å². The summed E-state index contributed by atoms with van der Waals surface area (Å²) in [5.74, 6) is 0. The van der Waals surface area contributed by atoms with E-state index >= 15 is 0 Å². The third kappa shape index (κ3) is 2.55. The predicted octanol–water partition coefficient (Wildman–Crippen LogP) is 2.08. The monoisotopic (exact) mass is 242 g/mol. The van der Waals surface area contributed by atoms with Gasteiger partial charge in [0.2, 0.25) is 0 Å². The van der Waals surface area contributed by atoms with Crippen molar-refractivity contribution < 1.29 is 10.1 Å². The van der Waals surface area contributed by atoms with E-state index in [1.54, 1.807) is 0 Å². The van der Waals surface area contributed by atoms with Crippen molar-refractivity contribution in [2.24, 2.45) is 0 Å². The highest BCUT2D eigenvalue weighted by Crippen LogP contribution is 2.17. The van der Waals surface area contributed by atoms with E-state index in [0.29, 0.717) is 6.10 Å². The van der Waals surface area contributed by atoms with Crippen LogP contribution in [0.1, 0.15) is 18.4 Å². The Morgan fingerprint density at radius 3 is 2.89 bits per heavy atom. The summed E-state index contributed by atoms with van der Waals surface area (Å²) in [5, 5.41) is 5.08. The molecular weight excluding hydrogens is 222 g/mol. The third-order valence-corrected chi connectivity index (χ3v) is 3.70. The average Bonchev–Trinajstić information content (AvgIpc) is 2.92. The van der Waals surface area contributed by atoms with Crippen LogP contribution in [0.25, 0.3) is 10.8 Å². The molecule has 2 nitrogen and oxygen atoms in total. The second-order valence-electron chi connectivity index (χ2n) is 5.00. The number of ether oxygens (including phenoxy) is 1. The lowest BCUT2D eigenvalue weighted by molar-refractivity contribution is -0.676. The van der Waals surface area contributed by atoms with E-state index in [1.165, 1.54) is 29.2 Å². The van der Waals surface area contributed by atoms with Crippen LogP contribution in [-0.2, 0) is 11.3 Å². The van der Waals surface area contributed by atoms with E-state index in [1.807, 2.05) is 0 Å². The summed E-state index contributed by atoms with van der Waals surface area (Å²) >= 11 is 0. The van der Waals surface area contributed by atoms with E-state index in [-0.39, 0.29) is 0 Å². The molecule has 2 aromatic carbocycles. The molecule has 2 aromatic rings. The lowest BCUT2D eigenvalue weighted by atomic mass is 10.0. The molecule has 1 fully saturated rings. The van der Waals surface area contributed by atoms with Gasteiger partial charge in [-0.15, -0.1) is 0 Å². The fourth-order valence-corrected chi connectivity index (χ4v) is 2.73. The lowest BCUT2D eigenvalue weighted by Crippen LogP contribution is -2.84. The average molecular weight is 242 g/mol. The maximum absolute atomic E-state index is 5.65. The SMILES string of the molecule is c1ccc2c(C[NH2+]C[C@H]3CCCO3)cccc2c1. The van der Waals surface area contributed by atoms with Gasteiger partial charge in [-0.2, -0.15) is 0 Å². The molecule has 2 N–H and O–H groups in total. The highest BCUT2D eigenvalue weighted by molar-refractivity contribution is 5.85. The van der Waals surface area contributed by atoms with E-state index in [9.17, 15) is 0 Å². The fourth-order valence-electron chi connectivity index (χ4n) is 2.73. The minimum absolute atomic E-state index is 0.472. The van der Waals surface area contributed by atoms with Gasteiger partial charge in [0, 0.05) is 12.2 Å². The molecule has 94 valence electrons. The molecule has 0 spiro atoms. The zero-order valence-corrected chi connectivity index (χ0v) is 10.6. The van der Waals surface area contributed by atoms with Gasteiger partial charge in [0.05, 0.1) is 0 Å². The number of fused-ring (bicyclic) bond motifs is 1. The normalized spacial score (nSPS) is 19.4. The van der Waals surface area contributed by atoms with Crippen molar-refractivity contribution in [1.29, 1.82) is 0 Å². The molecule has 0 bridgehead atoms. The van der Waals surface area contributed by atoms with Gasteiger partial charge in [0.25, 0.3) is 0 Å². The van der Waals surface area contributed by atoms with Gasteiger partial charge >= 0.3 is 0 Å². The molecule has 0 radical (unpaired) electrons. The third-order valence-electron chi connectivity index (χ3n) is 3.70. The van der Waals surface area contributed by atoms with Gasteiger partial charge in [0.15, 0.2) is 0 Å². The van der Waals surface area contributed by atoms with E-state index in [2.05, 4.69) is 47.8 Å². The molecular formula is C16H20NO+.